The summed E-state index contributed by atoms with van der Waals surface area (Å²) >= 11 is 0. The number of hydrogen-bond donors (Lipinski definition) is 1. The van der Waals surface area contributed by atoms with E-state index in [0.29, 0.717) is 17.7 Å². The Hall–Kier alpha value is -4.59. The number of esters is 1. The van der Waals surface area contributed by atoms with E-state index in [1.165, 1.54) is 7.11 Å². The normalized spacial score (nSPS) is 18.8. The van der Waals surface area contributed by atoms with Crippen LogP contribution in [0.3, 0.4) is 0 Å². The van der Waals surface area contributed by atoms with Gasteiger partial charge in [-0.25, -0.2) is 4.79 Å². The maximum absolute atomic E-state index is 14.0. The molecule has 2 amide bonds. The number of piperazine rings is 1. The summed E-state index contributed by atoms with van der Waals surface area (Å²) in [6.45, 7) is 0.262. The van der Waals surface area contributed by atoms with Crippen LogP contribution >= 0.6 is 0 Å². The van der Waals surface area contributed by atoms with Gasteiger partial charge in [0.2, 0.25) is 11.8 Å². The number of nitrogens with zero attached hydrogens (tertiary/aromatic N) is 2. The molecular weight excluding hydrogens is 482 g/mol. The lowest BCUT2D eigenvalue weighted by atomic mass is 9.86. The SMILES string of the molecule is COC(=O)c1ccc(C2c3[nH]c4ccccc4c3C[C@H]3C(=O)N(Cc4ccccc4OC)CC(=O)N23)cc1. The number of methoxy groups -OCH3 is 2. The first-order valence-corrected chi connectivity index (χ1v) is 12.5. The second-order valence-corrected chi connectivity index (χ2v) is 9.61. The third-order valence-corrected chi connectivity index (χ3v) is 7.54. The lowest BCUT2D eigenvalue weighted by molar-refractivity contribution is -0.159. The van der Waals surface area contributed by atoms with Crippen LogP contribution in [0.15, 0.2) is 72.8 Å². The Morgan fingerprint density at radius 2 is 1.71 bits per heavy atom. The standard InChI is InChI=1S/C30H27N3O5/c1-37-25-10-6-3-7-20(25)16-32-17-26(34)33-24(29(32)35)15-22-21-8-4-5-9-23(21)31-27(22)28(33)18-11-13-19(14-12-18)30(36)38-2/h3-14,24,28,31H,15-17H2,1-2H3/t24-,28?/m0/s1. The molecule has 0 aliphatic carbocycles. The van der Waals surface area contributed by atoms with Gasteiger partial charge in [-0.3, -0.25) is 9.59 Å². The summed E-state index contributed by atoms with van der Waals surface area (Å²) in [5, 5.41) is 1.04. The Kier molecular flexibility index (Phi) is 5.87. The fraction of sp³-hybridized carbons (Fsp3) is 0.233. The van der Waals surface area contributed by atoms with Gasteiger partial charge in [0, 0.05) is 35.1 Å². The van der Waals surface area contributed by atoms with E-state index in [1.54, 1.807) is 29.0 Å². The zero-order valence-electron chi connectivity index (χ0n) is 21.1. The zero-order valence-corrected chi connectivity index (χ0v) is 21.1. The average molecular weight is 510 g/mol. The summed E-state index contributed by atoms with van der Waals surface area (Å²) in [5.41, 5.74) is 4.97. The maximum Gasteiger partial charge on any atom is 0.337 e. The van der Waals surface area contributed by atoms with Crippen molar-refractivity contribution in [2.45, 2.75) is 25.0 Å². The van der Waals surface area contributed by atoms with Crippen LogP contribution in [0.2, 0.25) is 0 Å². The quantitative estimate of drug-likeness (QED) is 0.413. The molecule has 6 rings (SSSR count). The molecule has 8 heteroatoms. The van der Waals surface area contributed by atoms with Crippen molar-refractivity contribution < 1.29 is 23.9 Å². The minimum absolute atomic E-state index is 0.0281. The first-order chi connectivity index (χ1) is 18.5. The molecule has 3 aromatic carbocycles. The summed E-state index contributed by atoms with van der Waals surface area (Å²) in [7, 11) is 2.94. The number of hydrogen-bond acceptors (Lipinski definition) is 5. The Morgan fingerprint density at radius 3 is 2.47 bits per heavy atom. The molecule has 8 nitrogen and oxygen atoms in total. The van der Waals surface area contributed by atoms with Gasteiger partial charge in [0.15, 0.2) is 0 Å². The van der Waals surface area contributed by atoms with Crippen LogP contribution < -0.4 is 4.74 Å². The summed E-state index contributed by atoms with van der Waals surface area (Å²) in [5.74, 6) is 0.0281. The van der Waals surface area contributed by atoms with Gasteiger partial charge in [0.25, 0.3) is 0 Å². The van der Waals surface area contributed by atoms with Gasteiger partial charge in [-0.15, -0.1) is 0 Å². The Morgan fingerprint density at radius 1 is 0.974 bits per heavy atom. The van der Waals surface area contributed by atoms with E-state index in [2.05, 4.69) is 4.98 Å². The predicted octanol–water partition coefficient (Wildman–Crippen LogP) is 3.85. The van der Waals surface area contributed by atoms with E-state index < -0.39 is 18.1 Å². The Balaban J connectivity index is 1.43. The zero-order chi connectivity index (χ0) is 26.4. The minimum atomic E-state index is -0.650. The molecule has 192 valence electrons. The second-order valence-electron chi connectivity index (χ2n) is 9.61. The highest BCUT2D eigenvalue weighted by Gasteiger charge is 2.48. The van der Waals surface area contributed by atoms with E-state index in [1.807, 2.05) is 60.7 Å². The van der Waals surface area contributed by atoms with E-state index in [9.17, 15) is 14.4 Å². The average Bonchev–Trinajstić information content (AvgIpc) is 3.33. The third-order valence-electron chi connectivity index (χ3n) is 7.54. The van der Waals surface area contributed by atoms with Crippen molar-refractivity contribution in [3.05, 3.63) is 101 Å². The number of aromatic amines is 1. The molecule has 1 aromatic heterocycles. The molecule has 38 heavy (non-hydrogen) atoms. The van der Waals surface area contributed by atoms with E-state index in [-0.39, 0.29) is 24.9 Å². The molecule has 0 bridgehead atoms. The monoisotopic (exact) mass is 509 g/mol. The van der Waals surface area contributed by atoms with Gasteiger partial charge in [-0.1, -0.05) is 48.5 Å². The van der Waals surface area contributed by atoms with Crippen molar-refractivity contribution in [3.8, 4) is 5.75 Å². The van der Waals surface area contributed by atoms with Crippen LogP contribution in [0.25, 0.3) is 10.9 Å². The fourth-order valence-corrected chi connectivity index (χ4v) is 5.76. The smallest absolute Gasteiger partial charge is 0.337 e. The highest BCUT2D eigenvalue weighted by molar-refractivity contribution is 5.97. The third kappa shape index (κ3) is 3.80. The Labute approximate surface area is 219 Å². The molecule has 0 saturated carbocycles. The summed E-state index contributed by atoms with van der Waals surface area (Å²) in [4.78, 5) is 46.6. The van der Waals surface area contributed by atoms with Crippen molar-refractivity contribution in [1.82, 2.24) is 14.8 Å². The molecule has 2 aliphatic rings. The number of ether oxygens (including phenoxy) is 2. The van der Waals surface area contributed by atoms with Crippen molar-refractivity contribution in [2.24, 2.45) is 0 Å². The van der Waals surface area contributed by atoms with E-state index >= 15 is 0 Å². The highest BCUT2D eigenvalue weighted by Crippen LogP contribution is 2.42. The number of benzene rings is 3. The minimum Gasteiger partial charge on any atom is -0.496 e. The molecule has 0 radical (unpaired) electrons. The number of carbonyl (C=O) groups is 3. The van der Waals surface area contributed by atoms with Gasteiger partial charge >= 0.3 is 5.97 Å². The van der Waals surface area contributed by atoms with E-state index in [4.69, 9.17) is 9.47 Å². The van der Waals surface area contributed by atoms with E-state index in [0.717, 1.165) is 33.3 Å². The summed E-state index contributed by atoms with van der Waals surface area (Å²) < 4.78 is 10.3. The lowest BCUT2D eigenvalue weighted by Crippen LogP contribution is -2.62. The first-order valence-electron chi connectivity index (χ1n) is 12.5. The largest absolute Gasteiger partial charge is 0.496 e. The number of nitrogens with one attached hydrogen (secondary N) is 1. The molecule has 0 spiro atoms. The molecule has 2 atom stereocenters. The van der Waals surface area contributed by atoms with Crippen molar-refractivity contribution in [3.63, 3.8) is 0 Å². The second kappa shape index (κ2) is 9.37. The van der Waals surface area contributed by atoms with Crippen LogP contribution in [0.1, 0.15) is 38.8 Å². The van der Waals surface area contributed by atoms with Crippen molar-refractivity contribution >= 4 is 28.7 Å². The molecule has 1 N–H and O–H groups in total. The molecule has 1 unspecified atom stereocenters. The molecule has 1 fully saturated rings. The van der Waals surface area contributed by atoms with Gasteiger partial charge in [0.1, 0.15) is 18.3 Å². The van der Waals surface area contributed by atoms with Crippen LogP contribution in [0.4, 0.5) is 0 Å². The van der Waals surface area contributed by atoms with Crippen molar-refractivity contribution in [2.75, 3.05) is 20.8 Å². The number of rotatable bonds is 5. The number of fused-ring (bicyclic) bond motifs is 4. The first kappa shape index (κ1) is 23.8. The van der Waals surface area contributed by atoms with Crippen LogP contribution in [0, 0.1) is 0 Å². The number of para-hydroxylation sites is 2. The van der Waals surface area contributed by atoms with Crippen LogP contribution in [-0.2, 0) is 27.3 Å². The number of H-pyrrole nitrogens is 1. The molecular formula is C30H27N3O5. The summed E-state index contributed by atoms with van der Waals surface area (Å²) in [6.07, 6.45) is 0.420. The van der Waals surface area contributed by atoms with Gasteiger partial charge in [-0.2, -0.15) is 0 Å². The molecule has 4 aromatic rings. The predicted molar refractivity (Wildman–Crippen MR) is 141 cm³/mol. The number of amides is 2. The van der Waals surface area contributed by atoms with Gasteiger partial charge in [0.05, 0.1) is 25.8 Å². The number of aromatic nitrogens is 1. The lowest BCUT2D eigenvalue weighted by Gasteiger charge is -2.47. The molecule has 1 saturated heterocycles. The summed E-state index contributed by atoms with van der Waals surface area (Å²) in [6, 6.07) is 21.4. The Bertz CT molecular complexity index is 1560. The highest BCUT2D eigenvalue weighted by atomic mass is 16.5. The number of carbonyl (C=O) groups excluding carboxylic acids is 3. The van der Waals surface area contributed by atoms with Crippen LogP contribution in [-0.4, -0.2) is 59.4 Å². The fourth-order valence-electron chi connectivity index (χ4n) is 5.76. The van der Waals surface area contributed by atoms with Gasteiger partial charge in [-0.05, 0) is 35.4 Å². The van der Waals surface area contributed by atoms with Gasteiger partial charge < -0.3 is 24.3 Å². The van der Waals surface area contributed by atoms with Crippen molar-refractivity contribution in [1.29, 1.82) is 0 Å². The maximum atomic E-state index is 14.0. The molecule has 3 heterocycles. The topological polar surface area (TPSA) is 91.9 Å². The molecule has 2 aliphatic heterocycles. The van der Waals surface area contributed by atoms with Crippen LogP contribution in [0.5, 0.6) is 5.75 Å².